The Morgan fingerprint density at radius 3 is 1.31 bits per heavy atom. The molecule has 4 aromatic heterocycles. The number of aromatic nitrogens is 8. The van der Waals surface area contributed by atoms with Gasteiger partial charge >= 0.3 is 12.7 Å². The van der Waals surface area contributed by atoms with Crippen LogP contribution in [0.2, 0.25) is 0 Å². The van der Waals surface area contributed by atoms with Crippen molar-refractivity contribution in [2.24, 2.45) is 0 Å². The number of aryl methyl sites for hydroxylation is 2. The van der Waals surface area contributed by atoms with Crippen molar-refractivity contribution in [1.29, 1.82) is 0 Å². The van der Waals surface area contributed by atoms with Gasteiger partial charge in [-0.05, 0) is 64.1 Å². The average molecular weight is 1040 g/mol. The monoisotopic (exact) mass is 1040 g/mol. The molecule has 2 fully saturated rings. The summed E-state index contributed by atoms with van der Waals surface area (Å²) in [7, 11) is 0. The number of ether oxygens (including phenoxy) is 4. The van der Waals surface area contributed by atoms with Gasteiger partial charge < -0.3 is 37.9 Å². The molecule has 4 aliphatic heterocycles. The number of hydrogen-bond donors (Lipinski definition) is 0. The van der Waals surface area contributed by atoms with Gasteiger partial charge in [-0.15, -0.1) is 26.3 Å². The zero-order chi connectivity index (χ0) is 51.2. The molecule has 26 heteroatoms. The topological polar surface area (TPSA) is 183 Å². The van der Waals surface area contributed by atoms with Crippen LogP contribution in [0.5, 0.6) is 23.0 Å². The minimum atomic E-state index is -5.06. The molecule has 8 heterocycles. The maximum atomic E-state index is 14.2. The summed E-state index contributed by atoms with van der Waals surface area (Å²) < 4.78 is 130. The molecular formula is C48H46F8N10O8. The number of pyridine rings is 2. The minimum absolute atomic E-state index is 0. The number of amides is 2. The van der Waals surface area contributed by atoms with E-state index in [4.69, 9.17) is 9.47 Å². The van der Waals surface area contributed by atoms with Crippen LogP contribution in [0.15, 0.2) is 70.8 Å². The fourth-order valence-electron chi connectivity index (χ4n) is 10.7. The molecule has 0 unspecified atom stereocenters. The maximum absolute atomic E-state index is 14.2. The molecule has 0 radical (unpaired) electrons. The summed E-state index contributed by atoms with van der Waals surface area (Å²) in [6, 6.07) is 9.87. The first-order valence-electron chi connectivity index (χ1n) is 22.2. The van der Waals surface area contributed by atoms with Crippen molar-refractivity contribution in [2.75, 3.05) is 26.2 Å². The summed E-state index contributed by atoms with van der Waals surface area (Å²) in [5.41, 5.74) is -2.43. The maximum Gasteiger partial charge on any atom is 0.573 e. The average Bonchev–Trinajstić information content (AvgIpc) is 3.63. The zero-order valence-corrected chi connectivity index (χ0v) is 38.2. The van der Waals surface area contributed by atoms with Gasteiger partial charge in [0.2, 0.25) is 0 Å². The molecule has 6 aliphatic rings. The number of fused-ring (bicyclic) bond motifs is 8. The van der Waals surface area contributed by atoms with Gasteiger partial charge in [-0.1, -0.05) is 14.9 Å². The van der Waals surface area contributed by atoms with E-state index in [0.29, 0.717) is 35.6 Å². The van der Waals surface area contributed by atoms with Crippen LogP contribution in [0, 0.1) is 25.5 Å². The highest BCUT2D eigenvalue weighted by atomic mass is 19.4. The Hall–Kier alpha value is -7.80. The van der Waals surface area contributed by atoms with Crippen molar-refractivity contribution in [3.05, 3.63) is 128 Å². The van der Waals surface area contributed by atoms with Crippen LogP contribution in [0.4, 0.5) is 35.1 Å². The fourth-order valence-corrected chi connectivity index (χ4v) is 10.7. The predicted octanol–water partition coefficient (Wildman–Crippen LogP) is 6.72. The van der Waals surface area contributed by atoms with Crippen molar-refractivity contribution in [2.45, 2.75) is 103 Å². The molecule has 18 nitrogen and oxygen atoms in total. The van der Waals surface area contributed by atoms with Crippen LogP contribution < -0.4 is 30.1 Å². The second kappa shape index (κ2) is 16.9. The molecule has 0 bridgehead atoms. The van der Waals surface area contributed by atoms with E-state index in [1.54, 1.807) is 37.5 Å². The van der Waals surface area contributed by atoms with E-state index in [0.717, 1.165) is 24.3 Å². The van der Waals surface area contributed by atoms with Crippen LogP contribution >= 0.6 is 0 Å². The van der Waals surface area contributed by atoms with E-state index >= 15 is 0 Å². The lowest BCUT2D eigenvalue weighted by Crippen LogP contribution is -2.48. The Kier molecular flexibility index (Phi) is 11.7. The third-order valence-corrected chi connectivity index (χ3v) is 14.4. The summed E-state index contributed by atoms with van der Waals surface area (Å²) in [6.07, 6.45) is -6.41. The van der Waals surface area contributed by atoms with Gasteiger partial charge in [-0.2, -0.15) is 10.2 Å². The van der Waals surface area contributed by atoms with Crippen LogP contribution in [0.3, 0.4) is 0 Å². The van der Waals surface area contributed by atoms with Crippen molar-refractivity contribution >= 4 is 11.8 Å². The molecule has 74 heavy (non-hydrogen) atoms. The fraction of sp³-hybridized carbons (Fsp3) is 0.417. The molecule has 392 valence electrons. The first-order chi connectivity index (χ1) is 33.8. The lowest BCUT2D eigenvalue weighted by atomic mass is 9.92. The Labute approximate surface area is 414 Å². The summed E-state index contributed by atoms with van der Waals surface area (Å²) in [4.78, 5) is 63.9. The molecule has 2 aromatic carbocycles. The van der Waals surface area contributed by atoms with E-state index in [-0.39, 0.29) is 88.4 Å². The number of halogens is 8. The van der Waals surface area contributed by atoms with Crippen LogP contribution in [0.25, 0.3) is 11.4 Å². The predicted molar refractivity (Wildman–Crippen MR) is 243 cm³/mol. The molecule has 2 saturated carbocycles. The smallest absolute Gasteiger partial charge is 0.486 e. The lowest BCUT2D eigenvalue weighted by molar-refractivity contribution is -0.276. The number of nitrogens with zero attached hydrogens (tertiary/aromatic N) is 10. The van der Waals surface area contributed by atoms with E-state index in [1.807, 2.05) is 0 Å². The normalized spacial score (nSPS) is 23.5. The van der Waals surface area contributed by atoms with Crippen LogP contribution in [-0.4, -0.2) is 110 Å². The van der Waals surface area contributed by atoms with Crippen molar-refractivity contribution in [3.63, 3.8) is 0 Å². The molecule has 0 spiro atoms. The van der Waals surface area contributed by atoms with E-state index in [2.05, 4.69) is 29.6 Å². The minimum Gasteiger partial charge on any atom is -0.486 e. The van der Waals surface area contributed by atoms with Gasteiger partial charge in [0, 0.05) is 75.4 Å². The summed E-state index contributed by atoms with van der Waals surface area (Å²) in [5, 5.41) is 8.30. The summed E-state index contributed by atoms with van der Waals surface area (Å²) in [5.74, 6) is -3.82. The number of benzene rings is 2. The Morgan fingerprint density at radius 2 is 0.973 bits per heavy atom. The third kappa shape index (κ3) is 8.08. The molecular weight excluding hydrogens is 997 g/mol. The van der Waals surface area contributed by atoms with Crippen molar-refractivity contribution < 1.29 is 63.7 Å². The summed E-state index contributed by atoms with van der Waals surface area (Å²) in [6.45, 7) is 8.02. The highest BCUT2D eigenvalue weighted by Gasteiger charge is 2.74. The van der Waals surface area contributed by atoms with Crippen LogP contribution in [-0.2, 0) is 23.9 Å². The van der Waals surface area contributed by atoms with E-state index < -0.39 is 80.8 Å². The largest absolute Gasteiger partial charge is 0.573 e. The highest BCUT2D eigenvalue weighted by Crippen LogP contribution is 2.69. The van der Waals surface area contributed by atoms with Gasteiger partial charge in [0.25, 0.3) is 22.9 Å². The van der Waals surface area contributed by atoms with Crippen LogP contribution in [0.1, 0.15) is 85.3 Å². The number of hydrogen-bond acceptors (Lipinski definition) is 12. The number of carbonyl (C=O) groups excluding carboxylic acids is 2. The first-order valence-corrected chi connectivity index (χ1v) is 22.2. The summed E-state index contributed by atoms with van der Waals surface area (Å²) >= 11 is 0. The zero-order valence-electron chi connectivity index (χ0n) is 38.2. The van der Waals surface area contributed by atoms with E-state index in [9.17, 15) is 54.3 Å². The molecule has 4 atom stereocenters. The van der Waals surface area contributed by atoms with Gasteiger partial charge in [0.05, 0.1) is 10.8 Å². The Bertz CT molecular complexity index is 3220. The molecule has 0 N–H and O–H groups in total. The van der Waals surface area contributed by atoms with Gasteiger partial charge in [-0.25, -0.2) is 28.1 Å². The second-order valence-electron chi connectivity index (χ2n) is 18.9. The number of rotatable bonds is 8. The molecule has 12 rings (SSSR count). The SMILES string of the molecule is C.C.Cc1ncn(-c2ccc3n(c2=O)CCN(C[C@@]24C[C@]2(C)Oc2cc(F)c(OC(F)(F)F)cc24)C3=O)n1.Cc1ncn(-c2ccc3n(c2=O)CCN(C[C@]24C[C@@]2(C)Oc2cc(F)c(OC(F)(F)F)cc24)C3=O)n1. The standard InChI is InChI=1S/2C23H19F4N5O4.2CH4/c2*1-12-28-11-32(29-12)16-4-3-15-19(33)30(5-6-31(15)20(16)34)10-22-9-21(22,2)35-17-8-14(24)18(7-13(17)22)36-23(25,26)27;;/h2*3-4,7-8,11H,5-6,9-10H2,1-2H3;2*1H4/t2*21-,22+;;/m10../s1. The highest BCUT2D eigenvalue weighted by molar-refractivity contribution is 5.94. The number of alkyl halides is 6. The van der Waals surface area contributed by atoms with Crippen molar-refractivity contribution in [1.82, 2.24) is 48.5 Å². The molecule has 2 amide bonds. The van der Waals surface area contributed by atoms with Gasteiger partial charge in [0.1, 0.15) is 69.8 Å². The van der Waals surface area contributed by atoms with Crippen molar-refractivity contribution in [3.8, 4) is 34.4 Å². The molecule has 6 aromatic rings. The molecule has 0 saturated heterocycles. The third-order valence-electron chi connectivity index (χ3n) is 14.4. The second-order valence-corrected chi connectivity index (χ2v) is 18.9. The number of carbonyl (C=O) groups is 2. The Balaban J connectivity index is 0.000000177. The Morgan fingerprint density at radius 1 is 0.595 bits per heavy atom. The van der Waals surface area contributed by atoms with Gasteiger partial charge in [0.15, 0.2) is 23.1 Å². The van der Waals surface area contributed by atoms with E-state index in [1.165, 1.54) is 55.4 Å². The quantitative estimate of drug-likeness (QED) is 0.147. The molecule has 2 aliphatic carbocycles. The first kappa shape index (κ1) is 51.1. The lowest BCUT2D eigenvalue weighted by Gasteiger charge is -2.32. The van der Waals surface area contributed by atoms with Gasteiger partial charge in [-0.3, -0.25) is 19.2 Å².